The number of allylic oxidation sites excluding steroid dienone is 3. The fraction of sp³-hybridized carbons (Fsp3) is 0.647. The number of ether oxygens (including phenoxy) is 2. The first-order valence-corrected chi connectivity index (χ1v) is 7.64. The van der Waals surface area contributed by atoms with Crippen LogP contribution in [0.15, 0.2) is 23.8 Å². The van der Waals surface area contributed by atoms with E-state index in [1.807, 2.05) is 6.08 Å². The molecule has 0 spiro atoms. The molecule has 21 heavy (non-hydrogen) atoms. The number of carbonyl (C=O) groups excluding carboxylic acids is 2. The van der Waals surface area contributed by atoms with Crippen LogP contribution in [-0.4, -0.2) is 26.2 Å². The maximum absolute atomic E-state index is 12.1. The molecule has 0 saturated heterocycles. The molecule has 1 fully saturated rings. The Kier molecular flexibility index (Phi) is 7.20. The molecule has 1 aliphatic carbocycles. The van der Waals surface area contributed by atoms with Crippen molar-refractivity contribution in [1.82, 2.24) is 0 Å². The maximum Gasteiger partial charge on any atom is 0.327 e. The number of carbonyl (C=O) groups is 2. The zero-order valence-electron chi connectivity index (χ0n) is 13.3. The molecule has 0 aromatic rings. The summed E-state index contributed by atoms with van der Waals surface area (Å²) in [6.07, 6.45) is 12.4. The van der Waals surface area contributed by atoms with Gasteiger partial charge in [-0.15, -0.1) is 0 Å². The summed E-state index contributed by atoms with van der Waals surface area (Å²) >= 11 is 0. The molecule has 0 aromatic heterocycles. The first-order chi connectivity index (χ1) is 10.1. The minimum atomic E-state index is -1.22. The molecule has 0 radical (unpaired) electrons. The Hall–Kier alpha value is -1.58. The summed E-state index contributed by atoms with van der Waals surface area (Å²) in [5.74, 6) is -1.01. The monoisotopic (exact) mass is 294 g/mol. The van der Waals surface area contributed by atoms with E-state index in [0.717, 1.165) is 31.3 Å². The lowest BCUT2D eigenvalue weighted by molar-refractivity contribution is -0.165. The van der Waals surface area contributed by atoms with Crippen LogP contribution in [0, 0.1) is 5.41 Å². The predicted octanol–water partition coefficient (Wildman–Crippen LogP) is 3.57. The van der Waals surface area contributed by atoms with E-state index in [4.69, 9.17) is 9.47 Å². The minimum absolute atomic E-state index is 0.470. The lowest BCUT2D eigenvalue weighted by Crippen LogP contribution is -2.40. The highest BCUT2D eigenvalue weighted by Crippen LogP contribution is 2.45. The second-order valence-corrected chi connectivity index (χ2v) is 5.32. The van der Waals surface area contributed by atoms with E-state index in [0.29, 0.717) is 6.42 Å². The number of methoxy groups -OCH3 is 2. The highest BCUT2D eigenvalue weighted by molar-refractivity contribution is 6.04. The van der Waals surface area contributed by atoms with E-state index >= 15 is 0 Å². The van der Waals surface area contributed by atoms with E-state index in [-0.39, 0.29) is 0 Å². The van der Waals surface area contributed by atoms with Crippen LogP contribution in [0.2, 0.25) is 0 Å². The van der Waals surface area contributed by atoms with E-state index in [1.54, 1.807) is 0 Å². The van der Waals surface area contributed by atoms with Crippen LogP contribution in [-0.2, 0) is 19.1 Å². The molecule has 1 aliphatic rings. The molecule has 0 amide bonds. The maximum atomic E-state index is 12.1. The van der Waals surface area contributed by atoms with Gasteiger partial charge in [-0.2, -0.15) is 0 Å². The molecule has 0 unspecified atom stereocenters. The topological polar surface area (TPSA) is 52.6 Å². The summed E-state index contributed by atoms with van der Waals surface area (Å²) in [6.45, 7) is 2.16. The molecule has 0 N–H and O–H groups in total. The largest absolute Gasteiger partial charge is 0.468 e. The Bertz CT molecular complexity index is 405. The fourth-order valence-corrected chi connectivity index (χ4v) is 2.84. The SMILES string of the molecule is CCCC/C=C/C/C=C1\CCCC1(C(=O)OC)C(=O)OC. The number of rotatable bonds is 7. The summed E-state index contributed by atoms with van der Waals surface area (Å²) in [5, 5.41) is 0. The summed E-state index contributed by atoms with van der Waals surface area (Å²) in [7, 11) is 2.63. The van der Waals surface area contributed by atoms with Gasteiger partial charge in [0.05, 0.1) is 14.2 Å². The first kappa shape index (κ1) is 17.5. The summed E-state index contributed by atoms with van der Waals surface area (Å²) in [6, 6.07) is 0. The lowest BCUT2D eigenvalue weighted by atomic mass is 9.81. The third-order valence-corrected chi connectivity index (χ3v) is 4.01. The predicted molar refractivity (Wildman–Crippen MR) is 81.7 cm³/mol. The Labute approximate surface area is 127 Å². The fourth-order valence-electron chi connectivity index (χ4n) is 2.84. The number of esters is 2. The molecule has 118 valence electrons. The van der Waals surface area contributed by atoms with Crippen LogP contribution in [0.1, 0.15) is 51.9 Å². The zero-order chi connectivity index (χ0) is 15.7. The van der Waals surface area contributed by atoms with Gasteiger partial charge in [0.2, 0.25) is 0 Å². The average molecular weight is 294 g/mol. The van der Waals surface area contributed by atoms with Crippen LogP contribution < -0.4 is 0 Å². The molecule has 0 aliphatic heterocycles. The van der Waals surface area contributed by atoms with Crippen molar-refractivity contribution >= 4 is 11.9 Å². The standard InChI is InChI=1S/C17H26O4/c1-4-5-6-7-8-9-11-14-12-10-13-17(14,15(18)20-2)16(19)21-3/h7-8,11H,4-6,9-10,12-13H2,1-3H3/b8-7+,14-11+. The van der Waals surface area contributed by atoms with Crippen molar-refractivity contribution in [2.75, 3.05) is 14.2 Å². The Balaban J connectivity index is 2.85. The lowest BCUT2D eigenvalue weighted by Gasteiger charge is -2.24. The molecule has 4 nitrogen and oxygen atoms in total. The molecule has 1 rings (SSSR count). The van der Waals surface area contributed by atoms with Crippen LogP contribution in [0.5, 0.6) is 0 Å². The van der Waals surface area contributed by atoms with Gasteiger partial charge in [-0.05, 0) is 37.7 Å². The number of hydrogen-bond donors (Lipinski definition) is 0. The van der Waals surface area contributed by atoms with Gasteiger partial charge in [-0.3, -0.25) is 9.59 Å². The van der Waals surface area contributed by atoms with Crippen molar-refractivity contribution in [3.63, 3.8) is 0 Å². The van der Waals surface area contributed by atoms with Crippen molar-refractivity contribution in [3.05, 3.63) is 23.8 Å². The number of hydrogen-bond acceptors (Lipinski definition) is 4. The van der Waals surface area contributed by atoms with Crippen molar-refractivity contribution in [1.29, 1.82) is 0 Å². The van der Waals surface area contributed by atoms with Gasteiger partial charge in [-0.25, -0.2) is 0 Å². The second-order valence-electron chi connectivity index (χ2n) is 5.32. The quantitative estimate of drug-likeness (QED) is 0.312. The van der Waals surface area contributed by atoms with Gasteiger partial charge in [0.25, 0.3) is 0 Å². The zero-order valence-corrected chi connectivity index (χ0v) is 13.3. The van der Waals surface area contributed by atoms with E-state index in [1.165, 1.54) is 27.1 Å². The van der Waals surface area contributed by atoms with Gasteiger partial charge in [0.15, 0.2) is 5.41 Å². The Morgan fingerprint density at radius 1 is 1.19 bits per heavy atom. The third-order valence-electron chi connectivity index (χ3n) is 4.01. The van der Waals surface area contributed by atoms with E-state index < -0.39 is 17.4 Å². The second kappa shape index (κ2) is 8.65. The highest BCUT2D eigenvalue weighted by atomic mass is 16.5. The Morgan fingerprint density at radius 2 is 1.86 bits per heavy atom. The molecule has 1 saturated carbocycles. The highest BCUT2D eigenvalue weighted by Gasteiger charge is 2.53. The van der Waals surface area contributed by atoms with Gasteiger partial charge in [0.1, 0.15) is 0 Å². The molecular weight excluding hydrogens is 268 g/mol. The molecular formula is C17H26O4. The van der Waals surface area contributed by atoms with Crippen molar-refractivity contribution < 1.29 is 19.1 Å². The van der Waals surface area contributed by atoms with Gasteiger partial charge >= 0.3 is 11.9 Å². The summed E-state index contributed by atoms with van der Waals surface area (Å²) in [5.41, 5.74) is -0.387. The minimum Gasteiger partial charge on any atom is -0.468 e. The summed E-state index contributed by atoms with van der Waals surface area (Å²) in [4.78, 5) is 24.3. The Morgan fingerprint density at radius 3 is 2.43 bits per heavy atom. The van der Waals surface area contributed by atoms with Crippen molar-refractivity contribution in [2.45, 2.75) is 51.9 Å². The molecule has 4 heteroatoms. The third kappa shape index (κ3) is 3.96. The number of unbranched alkanes of at least 4 members (excludes halogenated alkanes) is 2. The molecule has 0 heterocycles. The molecule has 0 atom stereocenters. The smallest absolute Gasteiger partial charge is 0.327 e. The van der Waals surface area contributed by atoms with Gasteiger partial charge in [-0.1, -0.05) is 38.0 Å². The van der Waals surface area contributed by atoms with Crippen LogP contribution in [0.25, 0.3) is 0 Å². The van der Waals surface area contributed by atoms with Crippen molar-refractivity contribution in [3.8, 4) is 0 Å². The average Bonchev–Trinajstić information content (AvgIpc) is 2.93. The van der Waals surface area contributed by atoms with Crippen LogP contribution in [0.3, 0.4) is 0 Å². The van der Waals surface area contributed by atoms with Gasteiger partial charge in [0, 0.05) is 0 Å². The summed E-state index contributed by atoms with van der Waals surface area (Å²) < 4.78 is 9.70. The van der Waals surface area contributed by atoms with E-state index in [9.17, 15) is 9.59 Å². The van der Waals surface area contributed by atoms with Crippen LogP contribution >= 0.6 is 0 Å². The normalized spacial score (nSPS) is 19.1. The van der Waals surface area contributed by atoms with Crippen LogP contribution in [0.4, 0.5) is 0 Å². The van der Waals surface area contributed by atoms with Gasteiger partial charge < -0.3 is 9.47 Å². The van der Waals surface area contributed by atoms with Crippen molar-refractivity contribution in [2.24, 2.45) is 5.41 Å². The molecule has 0 bridgehead atoms. The molecule has 0 aromatic carbocycles. The first-order valence-electron chi connectivity index (χ1n) is 7.64. The van der Waals surface area contributed by atoms with E-state index in [2.05, 4.69) is 19.1 Å².